The van der Waals surface area contributed by atoms with Gasteiger partial charge >= 0.3 is 0 Å². The van der Waals surface area contributed by atoms with E-state index in [1.807, 2.05) is 0 Å². The van der Waals surface area contributed by atoms with E-state index in [4.69, 9.17) is 30.6 Å². The first kappa shape index (κ1) is 11.8. The third-order valence-corrected chi connectivity index (χ3v) is 1.51. The van der Waals surface area contributed by atoms with Gasteiger partial charge in [0, 0.05) is 0 Å². The Morgan fingerprint density at radius 1 is 0.667 bits per heavy atom. The number of rotatable bonds is 5. The number of hydrogen-bond donors (Lipinski definition) is 6. The molecule has 0 aliphatic carbocycles. The number of aliphatic hydroxyl groups is 6. The molecule has 0 aromatic rings. The average molecular weight is 194 g/mol. The van der Waals surface area contributed by atoms with E-state index in [-0.39, 0.29) is 0 Å². The molecular formula is C6H14O6. The van der Waals surface area contributed by atoms with Gasteiger partial charge in [-0.1, -0.05) is 0 Å². The molecule has 6 heteroatoms. The Kier molecular flexibility index (Phi) is 5.31. The van der Waals surface area contributed by atoms with Crippen molar-refractivity contribution in [2.45, 2.75) is 24.4 Å². The van der Waals surface area contributed by atoms with Gasteiger partial charge in [-0.3, -0.25) is 0 Å². The third kappa shape index (κ3) is 3.02. The van der Waals surface area contributed by atoms with E-state index < -0.39 is 37.6 Å². The molecule has 6 nitrogen and oxygen atoms in total. The van der Waals surface area contributed by atoms with E-state index in [0.717, 1.165) is 0 Å². The lowest BCUT2D eigenvalue weighted by molar-refractivity contribution is -0.123. The number of aliphatic hydroxyl groups excluding tert-OH is 6. The maximum atomic E-state index is 8.96. The molecule has 0 aromatic heterocycles. The Labute approximate surface area is 69.3 Å². The molecule has 0 fully saturated rings. The fourth-order valence-electron chi connectivity index (χ4n) is 0.671. The second kappa shape index (κ2) is 5.41. The predicted octanol–water partition coefficient (Wildman–Crippen LogP) is -3.59. The molecular weight excluding hydrogens is 180 g/mol. The Hall–Kier alpha value is -0.240. The molecule has 0 saturated carbocycles. The molecule has 0 saturated heterocycles. The van der Waals surface area contributed by atoms with Gasteiger partial charge in [0.15, 0.2) is 0 Å². The van der Waals surface area contributed by atoms with Crippen molar-refractivity contribution in [2.24, 2.45) is 0 Å². The highest BCUT2D eigenvalue weighted by Gasteiger charge is 2.29. The second-order valence-corrected chi connectivity index (χ2v) is 2.48. The minimum absolute atomic E-state index is 0.726. The summed E-state index contributed by atoms with van der Waals surface area (Å²) in [6.07, 6.45) is -6.39. The largest absolute Gasteiger partial charge is 0.394 e. The van der Waals surface area contributed by atoms with Crippen molar-refractivity contribution < 1.29 is 30.6 Å². The van der Waals surface area contributed by atoms with E-state index in [0.29, 0.717) is 0 Å². The highest BCUT2D eigenvalue weighted by Crippen LogP contribution is 2.03. The number of hydrogen-bond acceptors (Lipinski definition) is 6. The van der Waals surface area contributed by atoms with Crippen LogP contribution in [0.5, 0.6) is 0 Å². The van der Waals surface area contributed by atoms with E-state index >= 15 is 0 Å². The maximum absolute atomic E-state index is 8.96. The van der Waals surface area contributed by atoms with Crippen LogP contribution in [0.4, 0.5) is 0 Å². The van der Waals surface area contributed by atoms with Gasteiger partial charge in [-0.15, -0.1) is 0 Å². The lowest BCUT2D eigenvalue weighted by atomic mass is 12.0. The van der Waals surface area contributed by atoms with E-state index in [1.165, 1.54) is 0 Å². The average Bonchev–Trinajstić information content (AvgIpc) is 2.12. The minimum Gasteiger partial charge on any atom is -0.394 e. The first-order valence-corrected chi connectivity index (χ1v) is 3.48. The summed E-state index contributed by atoms with van der Waals surface area (Å²) in [5.74, 6) is 0. The Balaban J connectivity index is 3.99. The zero-order chi connectivity index (χ0) is 9.72. The second-order valence-electron chi connectivity index (χ2n) is 2.48. The lowest BCUT2D eigenvalue weighted by Gasteiger charge is -2.24. The molecule has 0 radical (unpaired) electrons. The van der Waals surface area contributed by atoms with Crippen molar-refractivity contribution in [3.8, 4) is 0 Å². The van der Waals surface area contributed by atoms with Crippen LogP contribution in [0.3, 0.4) is 0 Å². The monoisotopic (exact) mass is 194 g/mol. The first-order valence-electron chi connectivity index (χ1n) is 3.48. The summed E-state index contributed by atoms with van der Waals surface area (Å²) in [4.78, 5) is 0. The molecule has 0 aliphatic heterocycles. The van der Waals surface area contributed by atoms with Crippen molar-refractivity contribution in [3.05, 3.63) is 0 Å². The molecule has 0 unspecified atom stereocenters. The normalized spacial score (nSPS) is 21.5. The third-order valence-electron chi connectivity index (χ3n) is 1.51. The van der Waals surface area contributed by atoms with Gasteiger partial charge in [0.2, 0.25) is 0 Å². The molecule has 0 amide bonds. The highest BCUT2D eigenvalue weighted by molar-refractivity contribution is 4.79. The van der Waals surface area contributed by atoms with Crippen LogP contribution in [0.25, 0.3) is 0 Å². The van der Waals surface area contributed by atoms with Crippen molar-refractivity contribution >= 4 is 0 Å². The van der Waals surface area contributed by atoms with Crippen LogP contribution >= 0.6 is 0 Å². The molecule has 0 bridgehead atoms. The summed E-state index contributed by atoms with van der Waals surface area (Å²) in [5.41, 5.74) is 0. The molecule has 74 valence electrons. The lowest BCUT2D eigenvalue weighted by Crippen LogP contribution is -2.46. The standard InChI is InChI=1S/C6H14O6/c7-1-3(9)5(11)6(12)4(10)2-8/h3-12H,1-2H2/t3-,4-,5-,6+/m0/s1/i1+2,2+2,3+2,4+2,5+2,6+2. The van der Waals surface area contributed by atoms with Gasteiger partial charge in [0.05, 0.1) is 13.2 Å². The van der Waals surface area contributed by atoms with E-state index in [9.17, 15) is 0 Å². The topological polar surface area (TPSA) is 121 Å². The molecule has 0 rings (SSSR count). The first-order chi connectivity index (χ1) is 5.54. The smallest absolute Gasteiger partial charge is 0.111 e. The van der Waals surface area contributed by atoms with Gasteiger partial charge < -0.3 is 30.6 Å². The molecule has 4 atom stereocenters. The Bertz CT molecular complexity index is 105. The van der Waals surface area contributed by atoms with Gasteiger partial charge in [-0.25, -0.2) is 0 Å². The fraction of sp³-hybridized carbons (Fsp3) is 1.00. The molecule has 0 heterocycles. The van der Waals surface area contributed by atoms with Crippen LogP contribution in [0.2, 0.25) is 0 Å². The SMILES string of the molecule is O[14CH2][14C@H](O)[14C@H](O)[14C@H](O)[14C@@H](O)[14CH2]O. The zero-order valence-electron chi connectivity index (χ0n) is 6.41. The van der Waals surface area contributed by atoms with Gasteiger partial charge in [-0.05, 0) is 0 Å². The molecule has 6 N–H and O–H groups in total. The summed E-state index contributed by atoms with van der Waals surface area (Å²) < 4.78 is 0. The quantitative estimate of drug-likeness (QED) is 0.269. The van der Waals surface area contributed by atoms with Crippen LogP contribution in [-0.4, -0.2) is 68.3 Å². The molecule has 0 aromatic carbocycles. The van der Waals surface area contributed by atoms with Crippen LogP contribution in [0, 0.1) is 0 Å². The zero-order valence-corrected chi connectivity index (χ0v) is 6.41. The molecule has 12 heavy (non-hydrogen) atoms. The van der Waals surface area contributed by atoms with Crippen molar-refractivity contribution in [1.29, 1.82) is 0 Å². The van der Waals surface area contributed by atoms with Crippen molar-refractivity contribution in [1.82, 2.24) is 0 Å². The van der Waals surface area contributed by atoms with Gasteiger partial charge in [0.1, 0.15) is 24.4 Å². The summed E-state index contributed by atoms with van der Waals surface area (Å²) in [7, 11) is 0. The summed E-state index contributed by atoms with van der Waals surface area (Å²) >= 11 is 0. The Morgan fingerprint density at radius 2 is 0.917 bits per heavy atom. The van der Waals surface area contributed by atoms with Crippen molar-refractivity contribution in [3.63, 3.8) is 0 Å². The van der Waals surface area contributed by atoms with Crippen molar-refractivity contribution in [2.75, 3.05) is 13.2 Å². The minimum atomic E-state index is -1.67. The van der Waals surface area contributed by atoms with Crippen LogP contribution in [0.1, 0.15) is 0 Å². The fourth-order valence-corrected chi connectivity index (χ4v) is 0.671. The van der Waals surface area contributed by atoms with Gasteiger partial charge in [-0.2, -0.15) is 0 Å². The van der Waals surface area contributed by atoms with Crippen LogP contribution in [-0.2, 0) is 0 Å². The summed E-state index contributed by atoms with van der Waals surface area (Å²) in [6, 6.07) is 0. The van der Waals surface area contributed by atoms with Gasteiger partial charge in [0.25, 0.3) is 0 Å². The summed E-state index contributed by atoms with van der Waals surface area (Å²) in [6.45, 7) is -1.45. The van der Waals surface area contributed by atoms with E-state index in [1.54, 1.807) is 0 Å². The predicted molar refractivity (Wildman–Crippen MR) is 38.2 cm³/mol. The van der Waals surface area contributed by atoms with Crippen LogP contribution < -0.4 is 0 Å². The van der Waals surface area contributed by atoms with E-state index in [2.05, 4.69) is 0 Å². The highest BCUT2D eigenvalue weighted by atomic mass is 16.9. The maximum Gasteiger partial charge on any atom is 0.111 e. The Morgan fingerprint density at radius 3 is 1.08 bits per heavy atom. The molecule has 0 aliphatic rings. The molecule has 0 spiro atoms. The summed E-state index contributed by atoms with van der Waals surface area (Å²) in [5, 5.41) is 52.2. The van der Waals surface area contributed by atoms with Crippen LogP contribution in [0.15, 0.2) is 0 Å².